The molecule has 32 heavy (non-hydrogen) atoms. The predicted octanol–water partition coefficient (Wildman–Crippen LogP) is 4.22. The summed E-state index contributed by atoms with van der Waals surface area (Å²) in [6.45, 7) is 3.13. The van der Waals surface area contributed by atoms with Crippen molar-refractivity contribution in [2.24, 2.45) is 7.05 Å². The van der Waals surface area contributed by atoms with Crippen LogP contribution >= 0.6 is 11.8 Å². The molecule has 0 radical (unpaired) electrons. The Morgan fingerprint density at radius 3 is 2.84 bits per heavy atom. The van der Waals surface area contributed by atoms with Crippen LogP contribution in [0.25, 0.3) is 0 Å². The number of fused-ring (bicyclic) bond motifs is 1. The molecule has 3 aromatic rings. The van der Waals surface area contributed by atoms with E-state index in [0.29, 0.717) is 11.7 Å². The van der Waals surface area contributed by atoms with Gasteiger partial charge in [-0.05, 0) is 42.6 Å². The quantitative estimate of drug-likeness (QED) is 0.497. The fourth-order valence-corrected chi connectivity index (χ4v) is 5.35. The van der Waals surface area contributed by atoms with Crippen LogP contribution in [0.1, 0.15) is 35.7 Å². The normalized spacial score (nSPS) is 18.1. The molecule has 0 saturated carbocycles. The van der Waals surface area contributed by atoms with Gasteiger partial charge in [0.15, 0.2) is 16.7 Å². The molecule has 2 aromatic carbocycles. The van der Waals surface area contributed by atoms with Gasteiger partial charge in [-0.3, -0.25) is 4.90 Å². The summed E-state index contributed by atoms with van der Waals surface area (Å²) in [4.78, 5) is 2.48. The van der Waals surface area contributed by atoms with E-state index in [0.717, 1.165) is 60.7 Å². The van der Waals surface area contributed by atoms with Gasteiger partial charge >= 0.3 is 0 Å². The summed E-state index contributed by atoms with van der Waals surface area (Å²) < 4.78 is 18.8. The SMILES string of the molecule is COc1cc(CN2CCC[C@H](c3nnc(SCc4ccccc4)n3C)C2)cc2c1OCO2. The molecule has 1 saturated heterocycles. The first-order chi connectivity index (χ1) is 15.7. The summed E-state index contributed by atoms with van der Waals surface area (Å²) in [5.41, 5.74) is 2.47. The van der Waals surface area contributed by atoms with Gasteiger partial charge in [0.1, 0.15) is 5.82 Å². The Morgan fingerprint density at radius 1 is 1.12 bits per heavy atom. The van der Waals surface area contributed by atoms with E-state index in [2.05, 4.69) is 63.1 Å². The molecule has 1 atom stereocenters. The number of nitrogens with zero attached hydrogens (tertiary/aromatic N) is 4. The van der Waals surface area contributed by atoms with Crippen LogP contribution in [0, 0.1) is 0 Å². The second-order valence-corrected chi connectivity index (χ2v) is 9.22. The van der Waals surface area contributed by atoms with Crippen molar-refractivity contribution in [1.29, 1.82) is 0 Å². The van der Waals surface area contributed by atoms with E-state index < -0.39 is 0 Å². The van der Waals surface area contributed by atoms with Crippen LogP contribution < -0.4 is 14.2 Å². The second kappa shape index (κ2) is 9.42. The largest absolute Gasteiger partial charge is 0.493 e. The molecule has 8 heteroatoms. The Labute approximate surface area is 192 Å². The lowest BCUT2D eigenvalue weighted by Crippen LogP contribution is -2.34. The summed E-state index contributed by atoms with van der Waals surface area (Å²) in [6.07, 6.45) is 2.28. The molecule has 3 heterocycles. The van der Waals surface area contributed by atoms with Crippen molar-refractivity contribution in [3.05, 3.63) is 59.4 Å². The average Bonchev–Trinajstić information content (AvgIpc) is 3.44. The monoisotopic (exact) mass is 452 g/mol. The molecule has 168 valence electrons. The number of aromatic nitrogens is 3. The summed E-state index contributed by atoms with van der Waals surface area (Å²) in [7, 11) is 3.75. The Morgan fingerprint density at radius 2 is 2.00 bits per heavy atom. The highest BCUT2D eigenvalue weighted by atomic mass is 32.2. The van der Waals surface area contributed by atoms with Gasteiger partial charge in [-0.15, -0.1) is 10.2 Å². The van der Waals surface area contributed by atoms with Gasteiger partial charge < -0.3 is 18.8 Å². The summed E-state index contributed by atoms with van der Waals surface area (Å²) >= 11 is 1.74. The third-order valence-corrected chi connectivity index (χ3v) is 7.17. The van der Waals surface area contributed by atoms with Crippen molar-refractivity contribution in [2.45, 2.75) is 36.2 Å². The van der Waals surface area contributed by atoms with Crippen LogP contribution in [0.3, 0.4) is 0 Å². The lowest BCUT2D eigenvalue weighted by Gasteiger charge is -2.32. The maximum Gasteiger partial charge on any atom is 0.231 e. The number of methoxy groups -OCH3 is 1. The Bertz CT molecular complexity index is 1070. The van der Waals surface area contributed by atoms with Gasteiger partial charge in [0, 0.05) is 31.8 Å². The third-order valence-electron chi connectivity index (χ3n) is 6.07. The zero-order chi connectivity index (χ0) is 21.9. The van der Waals surface area contributed by atoms with Crippen molar-refractivity contribution in [3.8, 4) is 17.2 Å². The Balaban J connectivity index is 1.25. The zero-order valence-corrected chi connectivity index (χ0v) is 19.3. The molecule has 0 aliphatic carbocycles. The Kier molecular flexibility index (Phi) is 6.23. The number of hydrogen-bond donors (Lipinski definition) is 0. The number of thioether (sulfide) groups is 1. The molecular formula is C24H28N4O3S. The molecule has 2 aliphatic rings. The van der Waals surface area contributed by atoms with Gasteiger partial charge in [0.25, 0.3) is 0 Å². The first-order valence-electron chi connectivity index (χ1n) is 11.0. The summed E-state index contributed by atoms with van der Waals surface area (Å²) in [5, 5.41) is 10.0. The van der Waals surface area contributed by atoms with Gasteiger partial charge in [-0.2, -0.15) is 0 Å². The number of piperidine rings is 1. The second-order valence-electron chi connectivity index (χ2n) is 8.28. The molecule has 7 nitrogen and oxygen atoms in total. The average molecular weight is 453 g/mol. The van der Waals surface area contributed by atoms with Gasteiger partial charge in [0.2, 0.25) is 12.5 Å². The smallest absolute Gasteiger partial charge is 0.231 e. The highest BCUT2D eigenvalue weighted by Gasteiger charge is 2.27. The topological polar surface area (TPSA) is 61.6 Å². The van der Waals surface area contributed by atoms with Crippen molar-refractivity contribution in [3.63, 3.8) is 0 Å². The van der Waals surface area contributed by atoms with Crippen LogP contribution in [-0.2, 0) is 19.3 Å². The number of benzene rings is 2. The lowest BCUT2D eigenvalue weighted by molar-refractivity contribution is 0.171. The molecule has 0 spiro atoms. The first-order valence-corrected chi connectivity index (χ1v) is 11.9. The highest BCUT2D eigenvalue weighted by molar-refractivity contribution is 7.98. The first kappa shape index (κ1) is 21.2. The number of hydrogen-bond acceptors (Lipinski definition) is 7. The van der Waals surface area contributed by atoms with E-state index in [1.54, 1.807) is 18.9 Å². The van der Waals surface area contributed by atoms with Crippen molar-refractivity contribution >= 4 is 11.8 Å². The van der Waals surface area contributed by atoms with Gasteiger partial charge in [0.05, 0.1) is 7.11 Å². The van der Waals surface area contributed by atoms with Crippen LogP contribution in [-0.4, -0.2) is 46.7 Å². The molecule has 0 bridgehead atoms. The molecule has 5 rings (SSSR count). The number of ether oxygens (including phenoxy) is 3. The van der Waals surface area contributed by atoms with Crippen molar-refractivity contribution in [2.75, 3.05) is 27.0 Å². The van der Waals surface area contributed by atoms with E-state index in [1.807, 2.05) is 6.07 Å². The Hall–Kier alpha value is -2.71. The van der Waals surface area contributed by atoms with Crippen LogP contribution in [0.5, 0.6) is 17.2 Å². The lowest BCUT2D eigenvalue weighted by atomic mass is 9.96. The van der Waals surface area contributed by atoms with Crippen molar-refractivity contribution < 1.29 is 14.2 Å². The number of likely N-dealkylation sites (tertiary alicyclic amines) is 1. The molecule has 0 unspecified atom stereocenters. The van der Waals surface area contributed by atoms with Crippen LogP contribution in [0.4, 0.5) is 0 Å². The van der Waals surface area contributed by atoms with E-state index >= 15 is 0 Å². The van der Waals surface area contributed by atoms with E-state index in [4.69, 9.17) is 14.2 Å². The fraction of sp³-hybridized carbons (Fsp3) is 0.417. The molecule has 1 fully saturated rings. The standard InChI is InChI=1S/C24H28N4O3S/c1-27-23(25-26-24(27)32-15-17-7-4-3-5-8-17)19-9-6-10-28(14-19)13-18-11-20(29-2)22-21(12-18)30-16-31-22/h3-5,7-8,11-12,19H,6,9-10,13-16H2,1-2H3/t19-/m0/s1. The molecule has 1 aromatic heterocycles. The predicted molar refractivity (Wildman–Crippen MR) is 123 cm³/mol. The minimum atomic E-state index is 0.248. The fourth-order valence-electron chi connectivity index (χ4n) is 4.47. The van der Waals surface area contributed by atoms with E-state index in [1.165, 1.54) is 11.1 Å². The third kappa shape index (κ3) is 4.42. The van der Waals surface area contributed by atoms with Gasteiger partial charge in [-0.25, -0.2) is 0 Å². The minimum absolute atomic E-state index is 0.248. The minimum Gasteiger partial charge on any atom is -0.493 e. The van der Waals surface area contributed by atoms with Crippen LogP contribution in [0.2, 0.25) is 0 Å². The maximum absolute atomic E-state index is 5.59. The molecule has 0 N–H and O–H groups in total. The highest BCUT2D eigenvalue weighted by Crippen LogP contribution is 2.42. The summed E-state index contributed by atoms with van der Waals surface area (Å²) in [6, 6.07) is 14.6. The van der Waals surface area contributed by atoms with Crippen molar-refractivity contribution in [1.82, 2.24) is 19.7 Å². The van der Waals surface area contributed by atoms with Gasteiger partial charge in [-0.1, -0.05) is 42.1 Å². The van der Waals surface area contributed by atoms with E-state index in [9.17, 15) is 0 Å². The maximum atomic E-state index is 5.59. The number of rotatable bonds is 7. The zero-order valence-electron chi connectivity index (χ0n) is 18.5. The molecule has 2 aliphatic heterocycles. The summed E-state index contributed by atoms with van der Waals surface area (Å²) in [5.74, 6) is 4.55. The molecule has 0 amide bonds. The molecular weight excluding hydrogens is 424 g/mol. The van der Waals surface area contributed by atoms with Crippen LogP contribution in [0.15, 0.2) is 47.6 Å². The van der Waals surface area contributed by atoms with E-state index in [-0.39, 0.29) is 6.79 Å².